The van der Waals surface area contributed by atoms with Crippen LogP contribution in [-0.4, -0.2) is 61.4 Å². The summed E-state index contributed by atoms with van der Waals surface area (Å²) in [6, 6.07) is 0.230. The lowest BCUT2D eigenvalue weighted by Crippen LogP contribution is -2.45. The van der Waals surface area contributed by atoms with E-state index < -0.39 is 0 Å². The first-order chi connectivity index (χ1) is 11.0. The maximum absolute atomic E-state index is 11.7. The van der Waals surface area contributed by atoms with E-state index in [0.29, 0.717) is 19.5 Å². The number of likely N-dealkylation sites (tertiary alicyclic amines) is 1. The summed E-state index contributed by atoms with van der Waals surface area (Å²) in [5, 5.41) is 9.42. The van der Waals surface area contributed by atoms with Crippen LogP contribution in [-0.2, 0) is 9.59 Å². The van der Waals surface area contributed by atoms with Crippen LogP contribution in [0.5, 0.6) is 0 Å². The van der Waals surface area contributed by atoms with Gasteiger partial charge < -0.3 is 20.9 Å². The highest BCUT2D eigenvalue weighted by atomic mass is 16.2. The fourth-order valence-corrected chi connectivity index (χ4v) is 2.39. The van der Waals surface area contributed by atoms with Crippen molar-refractivity contribution in [1.82, 2.24) is 20.9 Å². The Morgan fingerprint density at radius 2 is 2.00 bits per heavy atom. The van der Waals surface area contributed by atoms with Gasteiger partial charge in [0.1, 0.15) is 0 Å². The van der Waals surface area contributed by atoms with E-state index in [0.717, 1.165) is 32.0 Å². The molecule has 23 heavy (non-hydrogen) atoms. The SMILES string of the molecule is CCNC(=NCCNC(=O)C(C)C)NC1CCN(C(=O)CC)C1. The van der Waals surface area contributed by atoms with Crippen LogP contribution in [0.2, 0.25) is 0 Å². The first-order valence-corrected chi connectivity index (χ1v) is 8.58. The summed E-state index contributed by atoms with van der Waals surface area (Å²) in [6.45, 7) is 11.0. The molecule has 0 aromatic rings. The molecule has 1 unspecified atom stereocenters. The van der Waals surface area contributed by atoms with Crippen LogP contribution >= 0.6 is 0 Å². The Morgan fingerprint density at radius 3 is 2.61 bits per heavy atom. The van der Waals surface area contributed by atoms with Gasteiger partial charge in [0.05, 0.1) is 6.54 Å². The van der Waals surface area contributed by atoms with Gasteiger partial charge in [0.15, 0.2) is 5.96 Å². The van der Waals surface area contributed by atoms with Crippen molar-refractivity contribution in [3.05, 3.63) is 0 Å². The molecule has 0 radical (unpaired) electrons. The number of hydrogen-bond acceptors (Lipinski definition) is 3. The number of amides is 2. The topological polar surface area (TPSA) is 85.8 Å². The maximum atomic E-state index is 11.7. The highest BCUT2D eigenvalue weighted by Crippen LogP contribution is 2.10. The van der Waals surface area contributed by atoms with E-state index >= 15 is 0 Å². The predicted molar refractivity (Wildman–Crippen MR) is 92.2 cm³/mol. The van der Waals surface area contributed by atoms with Crippen molar-refractivity contribution in [3.63, 3.8) is 0 Å². The monoisotopic (exact) mass is 325 g/mol. The van der Waals surface area contributed by atoms with Crippen molar-refractivity contribution < 1.29 is 9.59 Å². The third-order valence-electron chi connectivity index (χ3n) is 3.73. The van der Waals surface area contributed by atoms with Gasteiger partial charge in [-0.15, -0.1) is 0 Å². The number of aliphatic imine (C=N–C) groups is 1. The predicted octanol–water partition coefficient (Wildman–Crippen LogP) is 0.325. The van der Waals surface area contributed by atoms with Crippen molar-refractivity contribution in [2.75, 3.05) is 32.7 Å². The zero-order chi connectivity index (χ0) is 17.2. The summed E-state index contributed by atoms with van der Waals surface area (Å²) in [7, 11) is 0. The lowest BCUT2D eigenvalue weighted by Gasteiger charge is -2.18. The third kappa shape index (κ3) is 6.88. The molecule has 0 bridgehead atoms. The van der Waals surface area contributed by atoms with Crippen LogP contribution in [0.1, 0.15) is 40.5 Å². The standard InChI is InChI=1S/C16H31N5O2/c1-5-14(22)21-10-7-13(11-21)20-16(17-6-2)19-9-8-18-15(23)12(3)4/h12-13H,5-11H2,1-4H3,(H,18,23)(H2,17,19,20). The van der Waals surface area contributed by atoms with Gasteiger partial charge in [-0.05, 0) is 13.3 Å². The van der Waals surface area contributed by atoms with Crippen LogP contribution in [0.4, 0.5) is 0 Å². The second kappa shape index (κ2) is 10.1. The minimum Gasteiger partial charge on any atom is -0.357 e. The van der Waals surface area contributed by atoms with Crippen LogP contribution in [0.3, 0.4) is 0 Å². The fourth-order valence-electron chi connectivity index (χ4n) is 2.39. The third-order valence-corrected chi connectivity index (χ3v) is 3.73. The molecule has 7 nitrogen and oxygen atoms in total. The number of carbonyl (C=O) groups is 2. The average molecular weight is 325 g/mol. The number of carbonyl (C=O) groups excluding carboxylic acids is 2. The number of nitrogens with zero attached hydrogens (tertiary/aromatic N) is 2. The fraction of sp³-hybridized carbons (Fsp3) is 0.812. The van der Waals surface area contributed by atoms with Gasteiger partial charge in [0, 0.05) is 44.6 Å². The second-order valence-corrected chi connectivity index (χ2v) is 6.03. The summed E-state index contributed by atoms with van der Waals surface area (Å²) in [6.07, 6.45) is 1.48. The molecular weight excluding hydrogens is 294 g/mol. The highest BCUT2D eigenvalue weighted by molar-refractivity contribution is 5.81. The van der Waals surface area contributed by atoms with Gasteiger partial charge in [-0.1, -0.05) is 20.8 Å². The van der Waals surface area contributed by atoms with E-state index in [4.69, 9.17) is 0 Å². The molecule has 3 N–H and O–H groups in total. The second-order valence-electron chi connectivity index (χ2n) is 6.03. The Labute approximate surface area is 139 Å². The molecule has 1 rings (SSSR count). The zero-order valence-electron chi connectivity index (χ0n) is 14.8. The van der Waals surface area contributed by atoms with Gasteiger partial charge in [0.2, 0.25) is 11.8 Å². The van der Waals surface area contributed by atoms with Gasteiger partial charge >= 0.3 is 0 Å². The number of rotatable bonds is 7. The van der Waals surface area contributed by atoms with Crippen molar-refractivity contribution in [1.29, 1.82) is 0 Å². The van der Waals surface area contributed by atoms with Crippen LogP contribution in [0.15, 0.2) is 4.99 Å². The maximum Gasteiger partial charge on any atom is 0.222 e. The Morgan fingerprint density at radius 1 is 1.26 bits per heavy atom. The molecule has 0 aliphatic carbocycles. The molecule has 7 heteroatoms. The van der Waals surface area contributed by atoms with Crippen molar-refractivity contribution in [2.24, 2.45) is 10.9 Å². The molecule has 0 spiro atoms. The molecule has 0 saturated carbocycles. The molecule has 1 fully saturated rings. The quantitative estimate of drug-likeness (QED) is 0.358. The molecule has 1 saturated heterocycles. The van der Waals surface area contributed by atoms with E-state index in [-0.39, 0.29) is 23.8 Å². The Balaban J connectivity index is 2.41. The van der Waals surface area contributed by atoms with E-state index in [1.165, 1.54) is 0 Å². The zero-order valence-corrected chi connectivity index (χ0v) is 14.8. The summed E-state index contributed by atoms with van der Waals surface area (Å²) >= 11 is 0. The van der Waals surface area contributed by atoms with Gasteiger partial charge in [-0.25, -0.2) is 0 Å². The van der Waals surface area contributed by atoms with E-state index in [2.05, 4.69) is 20.9 Å². The molecule has 1 aliphatic heterocycles. The van der Waals surface area contributed by atoms with Crippen molar-refractivity contribution >= 4 is 17.8 Å². The molecular formula is C16H31N5O2. The molecule has 132 valence electrons. The molecule has 1 heterocycles. The van der Waals surface area contributed by atoms with Crippen molar-refractivity contribution in [3.8, 4) is 0 Å². The highest BCUT2D eigenvalue weighted by Gasteiger charge is 2.25. The number of guanidine groups is 1. The van der Waals surface area contributed by atoms with Crippen LogP contribution in [0.25, 0.3) is 0 Å². The number of nitrogens with one attached hydrogen (secondary N) is 3. The van der Waals surface area contributed by atoms with Crippen LogP contribution < -0.4 is 16.0 Å². The first-order valence-electron chi connectivity index (χ1n) is 8.58. The van der Waals surface area contributed by atoms with E-state index in [1.807, 2.05) is 32.6 Å². The minimum atomic E-state index is -0.00841. The normalized spacial score (nSPS) is 18.2. The molecule has 2 amide bonds. The minimum absolute atomic E-state index is 0.00841. The first kappa shape index (κ1) is 19.3. The van der Waals surface area contributed by atoms with Crippen molar-refractivity contribution in [2.45, 2.75) is 46.6 Å². The molecule has 1 atom stereocenters. The molecule has 0 aromatic carbocycles. The lowest BCUT2D eigenvalue weighted by molar-refractivity contribution is -0.129. The van der Waals surface area contributed by atoms with Gasteiger partial charge in [0.25, 0.3) is 0 Å². The van der Waals surface area contributed by atoms with Crippen LogP contribution in [0, 0.1) is 5.92 Å². The lowest BCUT2D eigenvalue weighted by atomic mass is 10.2. The molecule has 1 aliphatic rings. The summed E-state index contributed by atoms with van der Waals surface area (Å²) < 4.78 is 0. The summed E-state index contributed by atoms with van der Waals surface area (Å²) in [5.41, 5.74) is 0. The van der Waals surface area contributed by atoms with Gasteiger partial charge in [-0.3, -0.25) is 14.6 Å². The summed E-state index contributed by atoms with van der Waals surface area (Å²) in [5.74, 6) is 0.975. The smallest absolute Gasteiger partial charge is 0.222 e. The van der Waals surface area contributed by atoms with E-state index in [1.54, 1.807) is 0 Å². The van der Waals surface area contributed by atoms with E-state index in [9.17, 15) is 9.59 Å². The Hall–Kier alpha value is -1.79. The average Bonchev–Trinajstić information content (AvgIpc) is 2.99. The Bertz CT molecular complexity index is 423. The Kier molecular flexibility index (Phi) is 8.43. The van der Waals surface area contributed by atoms with Gasteiger partial charge in [-0.2, -0.15) is 0 Å². The largest absolute Gasteiger partial charge is 0.357 e. The summed E-state index contributed by atoms with van der Waals surface area (Å²) in [4.78, 5) is 29.6. The molecule has 0 aromatic heterocycles. The number of hydrogen-bond donors (Lipinski definition) is 3.